The van der Waals surface area contributed by atoms with Crippen molar-refractivity contribution in [1.29, 1.82) is 0 Å². The molecule has 0 amide bonds. The van der Waals surface area contributed by atoms with E-state index < -0.39 is 6.10 Å². The molecule has 2 rings (SSSR count). The Balaban J connectivity index is 2.07. The molecule has 0 spiro atoms. The monoisotopic (exact) mass is 278 g/mol. The highest BCUT2D eigenvalue weighted by molar-refractivity contribution is 5.38. The molecule has 1 aliphatic carbocycles. The molecule has 1 aromatic carbocycles. The third kappa shape index (κ3) is 3.33. The van der Waals surface area contributed by atoms with E-state index in [1.807, 2.05) is 18.2 Å². The molecule has 0 bridgehead atoms. The maximum Gasteiger partial charge on any atom is 0.130 e. The van der Waals surface area contributed by atoms with Gasteiger partial charge in [0.2, 0.25) is 0 Å². The quantitative estimate of drug-likeness (QED) is 0.898. The zero-order valence-corrected chi connectivity index (χ0v) is 12.9. The maximum absolute atomic E-state index is 9.81. The van der Waals surface area contributed by atoms with Crippen molar-refractivity contribution in [2.45, 2.75) is 64.3 Å². The molecular weight excluding hydrogens is 252 g/mol. The summed E-state index contributed by atoms with van der Waals surface area (Å²) in [5.41, 5.74) is 1.23. The highest BCUT2D eigenvalue weighted by Crippen LogP contribution is 2.35. The Bertz CT molecular complexity index is 436. The minimum atomic E-state index is -0.395. The average Bonchev–Trinajstić information content (AvgIpc) is 2.38. The van der Waals surface area contributed by atoms with Crippen molar-refractivity contribution in [3.8, 4) is 5.75 Å². The van der Waals surface area contributed by atoms with Crippen molar-refractivity contribution >= 4 is 0 Å². The van der Waals surface area contributed by atoms with E-state index in [0.717, 1.165) is 12.2 Å². The molecule has 20 heavy (non-hydrogen) atoms. The Morgan fingerprint density at radius 1 is 1.25 bits per heavy atom. The number of aliphatic hydroxyl groups excluding tert-OH is 1. The van der Waals surface area contributed by atoms with Crippen molar-refractivity contribution < 1.29 is 14.6 Å². The summed E-state index contributed by atoms with van der Waals surface area (Å²) in [4.78, 5) is 0. The Morgan fingerprint density at radius 2 is 1.95 bits per heavy atom. The number of ether oxygens (including phenoxy) is 2. The van der Waals surface area contributed by atoms with Crippen molar-refractivity contribution in [3.05, 3.63) is 29.8 Å². The van der Waals surface area contributed by atoms with Crippen LogP contribution in [-0.2, 0) is 10.2 Å². The van der Waals surface area contributed by atoms with Crippen molar-refractivity contribution in [2.75, 3.05) is 6.61 Å². The Hall–Kier alpha value is -1.06. The van der Waals surface area contributed by atoms with Gasteiger partial charge in [0.1, 0.15) is 18.0 Å². The second-order valence-corrected chi connectivity index (χ2v) is 6.54. The fourth-order valence-corrected chi connectivity index (χ4v) is 2.50. The first-order chi connectivity index (χ1) is 9.43. The zero-order valence-electron chi connectivity index (χ0n) is 12.9. The van der Waals surface area contributed by atoms with Crippen LogP contribution in [0.4, 0.5) is 0 Å². The summed E-state index contributed by atoms with van der Waals surface area (Å²) >= 11 is 0. The molecule has 0 radical (unpaired) electrons. The lowest BCUT2D eigenvalue weighted by Crippen LogP contribution is -2.55. The van der Waals surface area contributed by atoms with Gasteiger partial charge in [0.05, 0.1) is 6.10 Å². The summed E-state index contributed by atoms with van der Waals surface area (Å²) in [6.07, 6.45) is 0.970. The van der Waals surface area contributed by atoms with Gasteiger partial charge in [-0.15, -0.1) is 0 Å². The largest absolute Gasteiger partial charge is 0.487 e. The standard InChI is InChI=1S/C17H26O3/c1-5-10-19-16-13(18)11-15(16)20-14-9-7-6-8-12(14)17(2,3)4/h6-9,13,15-16,18H,5,10-11H2,1-4H3. The fourth-order valence-electron chi connectivity index (χ4n) is 2.50. The van der Waals surface area contributed by atoms with Gasteiger partial charge >= 0.3 is 0 Å². The number of para-hydroxylation sites is 1. The molecule has 3 unspecified atom stereocenters. The topological polar surface area (TPSA) is 38.7 Å². The number of hydrogen-bond acceptors (Lipinski definition) is 3. The lowest BCUT2D eigenvalue weighted by molar-refractivity contribution is -0.162. The molecule has 1 saturated carbocycles. The van der Waals surface area contributed by atoms with E-state index in [9.17, 15) is 5.11 Å². The van der Waals surface area contributed by atoms with Crippen LogP contribution in [0.3, 0.4) is 0 Å². The number of aliphatic hydroxyl groups is 1. The second-order valence-electron chi connectivity index (χ2n) is 6.54. The molecule has 1 N–H and O–H groups in total. The summed E-state index contributed by atoms with van der Waals surface area (Å²) in [5.74, 6) is 0.905. The summed E-state index contributed by atoms with van der Waals surface area (Å²) in [5, 5.41) is 9.81. The SMILES string of the molecule is CCCOC1C(O)CC1Oc1ccccc1C(C)(C)C. The van der Waals surface area contributed by atoms with E-state index in [1.165, 1.54) is 5.56 Å². The Morgan fingerprint density at radius 3 is 2.55 bits per heavy atom. The lowest BCUT2D eigenvalue weighted by Gasteiger charge is -2.41. The van der Waals surface area contributed by atoms with Crippen LogP contribution in [0.25, 0.3) is 0 Å². The molecule has 1 aliphatic rings. The van der Waals surface area contributed by atoms with E-state index in [0.29, 0.717) is 13.0 Å². The highest BCUT2D eigenvalue weighted by atomic mass is 16.6. The van der Waals surface area contributed by atoms with Gasteiger partial charge in [-0.1, -0.05) is 45.9 Å². The smallest absolute Gasteiger partial charge is 0.130 e. The maximum atomic E-state index is 9.81. The van der Waals surface area contributed by atoms with Gasteiger partial charge in [0.15, 0.2) is 0 Å². The third-order valence-corrected chi connectivity index (χ3v) is 3.71. The van der Waals surface area contributed by atoms with Crippen LogP contribution in [0.5, 0.6) is 5.75 Å². The van der Waals surface area contributed by atoms with E-state index in [2.05, 4.69) is 33.8 Å². The highest BCUT2D eigenvalue weighted by Gasteiger charge is 2.43. The van der Waals surface area contributed by atoms with Gasteiger partial charge in [-0.25, -0.2) is 0 Å². The molecular formula is C17H26O3. The first-order valence-corrected chi connectivity index (χ1v) is 7.49. The van der Waals surface area contributed by atoms with Gasteiger partial charge in [0, 0.05) is 13.0 Å². The summed E-state index contributed by atoms with van der Waals surface area (Å²) < 4.78 is 11.8. The Kier molecular flexibility index (Phi) is 4.71. The normalized spacial score (nSPS) is 26.1. The fraction of sp³-hybridized carbons (Fsp3) is 0.647. The Labute approximate surface area is 121 Å². The average molecular weight is 278 g/mol. The second kappa shape index (κ2) is 6.15. The molecule has 112 valence electrons. The third-order valence-electron chi connectivity index (χ3n) is 3.71. The minimum Gasteiger partial charge on any atom is -0.487 e. The first kappa shape index (κ1) is 15.3. The van der Waals surface area contributed by atoms with Crippen molar-refractivity contribution in [2.24, 2.45) is 0 Å². The zero-order chi connectivity index (χ0) is 14.8. The van der Waals surface area contributed by atoms with E-state index >= 15 is 0 Å². The van der Waals surface area contributed by atoms with Crippen LogP contribution in [0.15, 0.2) is 24.3 Å². The number of hydrogen-bond donors (Lipinski definition) is 1. The van der Waals surface area contributed by atoms with Crippen LogP contribution >= 0.6 is 0 Å². The van der Waals surface area contributed by atoms with Gasteiger partial charge in [-0.2, -0.15) is 0 Å². The lowest BCUT2D eigenvalue weighted by atomic mass is 9.85. The molecule has 0 heterocycles. The summed E-state index contributed by atoms with van der Waals surface area (Å²) in [6.45, 7) is 9.26. The number of rotatable bonds is 5. The first-order valence-electron chi connectivity index (χ1n) is 7.49. The van der Waals surface area contributed by atoms with Crippen LogP contribution in [0.2, 0.25) is 0 Å². The molecule has 1 fully saturated rings. The minimum absolute atomic E-state index is 0.0404. The molecule has 3 atom stereocenters. The molecule has 0 saturated heterocycles. The van der Waals surface area contributed by atoms with Crippen LogP contribution in [0.1, 0.15) is 46.1 Å². The summed E-state index contributed by atoms with van der Waals surface area (Å²) in [6, 6.07) is 8.13. The van der Waals surface area contributed by atoms with E-state index in [1.54, 1.807) is 0 Å². The predicted octanol–water partition coefficient (Wildman–Crippen LogP) is 3.29. The molecule has 3 heteroatoms. The van der Waals surface area contributed by atoms with Crippen molar-refractivity contribution in [1.82, 2.24) is 0 Å². The van der Waals surface area contributed by atoms with Gasteiger partial charge in [0.25, 0.3) is 0 Å². The van der Waals surface area contributed by atoms with Crippen LogP contribution in [0, 0.1) is 0 Å². The molecule has 0 aliphatic heterocycles. The van der Waals surface area contributed by atoms with Gasteiger partial charge < -0.3 is 14.6 Å². The molecule has 1 aromatic rings. The predicted molar refractivity (Wildman–Crippen MR) is 80.2 cm³/mol. The van der Waals surface area contributed by atoms with Gasteiger partial charge in [-0.3, -0.25) is 0 Å². The van der Waals surface area contributed by atoms with Gasteiger partial charge in [-0.05, 0) is 23.5 Å². The van der Waals surface area contributed by atoms with Crippen molar-refractivity contribution in [3.63, 3.8) is 0 Å². The summed E-state index contributed by atoms with van der Waals surface area (Å²) in [7, 11) is 0. The molecule has 3 nitrogen and oxygen atoms in total. The molecule has 0 aromatic heterocycles. The van der Waals surface area contributed by atoms with E-state index in [4.69, 9.17) is 9.47 Å². The van der Waals surface area contributed by atoms with Crippen LogP contribution < -0.4 is 4.74 Å². The van der Waals surface area contributed by atoms with Crippen LogP contribution in [-0.4, -0.2) is 30.0 Å². The number of benzene rings is 1. The van der Waals surface area contributed by atoms with E-state index in [-0.39, 0.29) is 17.6 Å².